The van der Waals surface area contributed by atoms with Gasteiger partial charge >= 0.3 is 0 Å². The molecule has 1 aliphatic heterocycles. The zero-order valence-electron chi connectivity index (χ0n) is 5.50. The average molecular weight is 143 g/mol. The highest BCUT2D eigenvalue weighted by molar-refractivity contribution is 5.85. The summed E-state index contributed by atoms with van der Waals surface area (Å²) in [5.41, 5.74) is 2.54. The van der Waals surface area contributed by atoms with Crippen LogP contribution in [0.5, 0.6) is 0 Å². The van der Waals surface area contributed by atoms with Crippen molar-refractivity contribution in [2.24, 2.45) is 0 Å². The first-order valence-corrected chi connectivity index (χ1v) is 3.48. The molecule has 1 heterocycles. The summed E-state index contributed by atoms with van der Waals surface area (Å²) in [5.74, 6) is 0.203. The maximum atomic E-state index is 11.1. The molecule has 2 unspecified atom stereocenters. The van der Waals surface area contributed by atoms with Crippen molar-refractivity contribution >= 4 is 5.78 Å². The highest BCUT2D eigenvalue weighted by Crippen LogP contribution is 2.22. The van der Waals surface area contributed by atoms with Gasteiger partial charge in [0, 0.05) is 6.42 Å². The highest BCUT2D eigenvalue weighted by atomic mass is 17.3. The van der Waals surface area contributed by atoms with E-state index in [1.807, 2.05) is 0 Å². The predicted molar refractivity (Wildman–Crippen MR) is 31.7 cm³/mol. The molecule has 0 aromatic carbocycles. The minimum absolute atomic E-state index is 0.0405. The molecule has 0 bridgehead atoms. The molecule has 4 heteroatoms. The molecule has 2 aliphatic rings. The van der Waals surface area contributed by atoms with Gasteiger partial charge in [0.1, 0.15) is 12.1 Å². The molecule has 2 rings (SSSR count). The van der Waals surface area contributed by atoms with Crippen LogP contribution >= 0.6 is 0 Å². The van der Waals surface area contributed by atoms with Gasteiger partial charge in [-0.1, -0.05) is 0 Å². The molecule has 0 aromatic rings. The maximum Gasteiger partial charge on any atom is 0.154 e. The molecule has 0 amide bonds. The lowest BCUT2D eigenvalue weighted by molar-refractivity contribution is -0.307. The Kier molecular flexibility index (Phi) is 1.44. The number of carbonyl (C=O) groups is 1. The van der Waals surface area contributed by atoms with E-state index in [1.54, 1.807) is 0 Å². The topological polar surface area (TPSA) is 47.6 Å². The van der Waals surface area contributed by atoms with Gasteiger partial charge in [-0.05, 0) is 12.8 Å². The fraction of sp³-hybridized carbons (Fsp3) is 0.833. The molecule has 2 fully saturated rings. The van der Waals surface area contributed by atoms with Gasteiger partial charge in [0.05, 0.1) is 0 Å². The molecule has 4 nitrogen and oxygen atoms in total. The highest BCUT2D eigenvalue weighted by Gasteiger charge is 2.38. The van der Waals surface area contributed by atoms with Gasteiger partial charge in [-0.15, -0.1) is 4.99 Å². The van der Waals surface area contributed by atoms with E-state index < -0.39 is 0 Å². The standard InChI is InChI=1S/C6H9NO3/c8-4-2-1-3-5-6(4)7-10-9-5/h5-7H,1-3H2. The maximum absolute atomic E-state index is 11.1. The minimum atomic E-state index is -0.200. The number of rotatable bonds is 0. The van der Waals surface area contributed by atoms with Crippen LogP contribution in [-0.2, 0) is 14.7 Å². The average Bonchev–Trinajstić information content (AvgIpc) is 2.36. The quantitative estimate of drug-likeness (QED) is 0.483. The second kappa shape index (κ2) is 2.30. The summed E-state index contributed by atoms with van der Waals surface area (Å²) < 4.78 is 0. The second-order valence-corrected chi connectivity index (χ2v) is 2.67. The van der Waals surface area contributed by atoms with Gasteiger partial charge in [-0.2, -0.15) is 5.48 Å². The largest absolute Gasteiger partial charge is 0.298 e. The van der Waals surface area contributed by atoms with E-state index in [0.29, 0.717) is 6.42 Å². The van der Waals surface area contributed by atoms with Crippen molar-refractivity contribution < 1.29 is 14.7 Å². The van der Waals surface area contributed by atoms with Crippen LogP contribution in [0.25, 0.3) is 0 Å². The Hall–Kier alpha value is -0.450. The molecule has 1 saturated carbocycles. The fourth-order valence-electron chi connectivity index (χ4n) is 1.39. The Balaban J connectivity index is 2.10. The Labute approximate surface area is 58.4 Å². The molecule has 0 aromatic heterocycles. The van der Waals surface area contributed by atoms with E-state index >= 15 is 0 Å². The van der Waals surface area contributed by atoms with Crippen LogP contribution < -0.4 is 5.48 Å². The first-order chi connectivity index (χ1) is 4.88. The van der Waals surface area contributed by atoms with E-state index in [0.717, 1.165) is 12.8 Å². The third kappa shape index (κ3) is 0.847. The van der Waals surface area contributed by atoms with Gasteiger partial charge in [-0.25, -0.2) is 4.89 Å². The van der Waals surface area contributed by atoms with Crippen LogP contribution in [0.3, 0.4) is 0 Å². The van der Waals surface area contributed by atoms with Crippen molar-refractivity contribution in [1.29, 1.82) is 0 Å². The van der Waals surface area contributed by atoms with Gasteiger partial charge in [0.25, 0.3) is 0 Å². The molecule has 2 atom stereocenters. The van der Waals surface area contributed by atoms with Crippen molar-refractivity contribution in [1.82, 2.24) is 5.48 Å². The fourth-order valence-corrected chi connectivity index (χ4v) is 1.39. The Morgan fingerprint density at radius 3 is 3.30 bits per heavy atom. The van der Waals surface area contributed by atoms with Crippen molar-refractivity contribution in [3.8, 4) is 0 Å². The van der Waals surface area contributed by atoms with Crippen LogP contribution in [0.2, 0.25) is 0 Å². The summed E-state index contributed by atoms with van der Waals surface area (Å²) in [7, 11) is 0. The molecule has 1 saturated heterocycles. The lowest BCUT2D eigenvalue weighted by atomic mass is 9.92. The van der Waals surface area contributed by atoms with E-state index in [-0.39, 0.29) is 17.9 Å². The Morgan fingerprint density at radius 1 is 1.60 bits per heavy atom. The number of hydrogen-bond acceptors (Lipinski definition) is 4. The summed E-state index contributed by atoms with van der Waals surface area (Å²) in [4.78, 5) is 20.3. The number of hydrogen-bond donors (Lipinski definition) is 1. The SMILES string of the molecule is O=C1CCCC2OONC12. The van der Waals surface area contributed by atoms with Crippen molar-refractivity contribution in [2.45, 2.75) is 31.4 Å². The molecular formula is C6H9NO3. The number of fused-ring (bicyclic) bond motifs is 1. The molecule has 0 spiro atoms. The third-order valence-corrected chi connectivity index (χ3v) is 1.98. The molecule has 10 heavy (non-hydrogen) atoms. The summed E-state index contributed by atoms with van der Waals surface area (Å²) in [5, 5.41) is 0. The van der Waals surface area contributed by atoms with Gasteiger partial charge in [0.2, 0.25) is 0 Å². The van der Waals surface area contributed by atoms with E-state index in [2.05, 4.69) is 10.5 Å². The molecule has 56 valence electrons. The van der Waals surface area contributed by atoms with E-state index in [4.69, 9.17) is 4.89 Å². The Bertz CT molecular complexity index is 159. The summed E-state index contributed by atoms with van der Waals surface area (Å²) in [6.45, 7) is 0. The van der Waals surface area contributed by atoms with Crippen molar-refractivity contribution in [2.75, 3.05) is 0 Å². The first kappa shape index (κ1) is 6.27. The lowest BCUT2D eigenvalue weighted by Crippen LogP contribution is -2.41. The predicted octanol–water partition coefficient (Wildman–Crippen LogP) is -0.0570. The van der Waals surface area contributed by atoms with Crippen LogP contribution in [-0.4, -0.2) is 17.9 Å². The molecule has 1 N–H and O–H groups in total. The summed E-state index contributed by atoms with van der Waals surface area (Å²) >= 11 is 0. The molecular weight excluding hydrogens is 134 g/mol. The van der Waals surface area contributed by atoms with Crippen LogP contribution in [0.15, 0.2) is 0 Å². The normalized spacial score (nSPS) is 39.8. The van der Waals surface area contributed by atoms with Gasteiger partial charge in [0.15, 0.2) is 5.78 Å². The minimum Gasteiger partial charge on any atom is -0.298 e. The zero-order valence-corrected chi connectivity index (χ0v) is 5.50. The smallest absolute Gasteiger partial charge is 0.154 e. The number of ketones is 1. The number of nitrogens with one attached hydrogen (secondary N) is 1. The monoisotopic (exact) mass is 143 g/mol. The summed E-state index contributed by atoms with van der Waals surface area (Å²) in [6.07, 6.45) is 2.45. The van der Waals surface area contributed by atoms with E-state index in [9.17, 15) is 4.79 Å². The van der Waals surface area contributed by atoms with Gasteiger partial charge in [-0.3, -0.25) is 4.79 Å². The van der Waals surface area contributed by atoms with Crippen molar-refractivity contribution in [3.63, 3.8) is 0 Å². The van der Waals surface area contributed by atoms with E-state index in [1.165, 1.54) is 0 Å². The number of hydroxylamine groups is 1. The van der Waals surface area contributed by atoms with Crippen molar-refractivity contribution in [3.05, 3.63) is 0 Å². The summed E-state index contributed by atoms with van der Waals surface area (Å²) in [6, 6.07) is -0.200. The van der Waals surface area contributed by atoms with Crippen LogP contribution in [0, 0.1) is 0 Å². The third-order valence-electron chi connectivity index (χ3n) is 1.98. The number of carbonyl (C=O) groups excluding carboxylic acids is 1. The molecule has 0 radical (unpaired) electrons. The number of Topliss-reactive ketones (excluding diaryl/α,β-unsaturated/α-hetero) is 1. The first-order valence-electron chi connectivity index (χ1n) is 3.48. The second-order valence-electron chi connectivity index (χ2n) is 2.67. The van der Waals surface area contributed by atoms with Crippen LogP contribution in [0.1, 0.15) is 19.3 Å². The van der Waals surface area contributed by atoms with Crippen LogP contribution in [0.4, 0.5) is 0 Å². The zero-order chi connectivity index (χ0) is 6.97. The lowest BCUT2D eigenvalue weighted by Gasteiger charge is -2.18. The Morgan fingerprint density at radius 2 is 2.50 bits per heavy atom. The van der Waals surface area contributed by atoms with Gasteiger partial charge < -0.3 is 0 Å². The molecule has 1 aliphatic carbocycles.